The van der Waals surface area contributed by atoms with Crippen molar-refractivity contribution in [2.24, 2.45) is 5.73 Å². The third-order valence-electron chi connectivity index (χ3n) is 3.20. The minimum absolute atomic E-state index is 0.121. The van der Waals surface area contributed by atoms with Gasteiger partial charge in [-0.15, -0.1) is 0 Å². The van der Waals surface area contributed by atoms with Crippen molar-refractivity contribution in [3.8, 4) is 5.75 Å². The lowest BCUT2D eigenvalue weighted by molar-refractivity contribution is 0.0535. The molecule has 0 bridgehead atoms. The molecular weight excluding hydrogens is 206 g/mol. The Labute approximate surface area is 93.3 Å². The monoisotopic (exact) mass is 219 g/mol. The quantitative estimate of drug-likeness (QED) is 0.760. The maximum Gasteiger partial charge on any atom is 0.338 e. The highest BCUT2D eigenvalue weighted by Crippen LogP contribution is 2.28. The van der Waals surface area contributed by atoms with E-state index in [9.17, 15) is 4.79 Å². The Morgan fingerprint density at radius 3 is 2.94 bits per heavy atom. The molecule has 2 aliphatic rings. The summed E-state index contributed by atoms with van der Waals surface area (Å²) in [6.45, 7) is 0.349. The lowest BCUT2D eigenvalue weighted by Crippen LogP contribution is -2.47. The Kier molecular flexibility index (Phi) is 2.11. The van der Waals surface area contributed by atoms with Crippen molar-refractivity contribution in [2.75, 3.05) is 0 Å². The van der Waals surface area contributed by atoms with Gasteiger partial charge in [0.2, 0.25) is 0 Å². The van der Waals surface area contributed by atoms with Crippen LogP contribution in [0.4, 0.5) is 0 Å². The number of hydrogen-bond acceptors (Lipinski definition) is 4. The lowest BCUT2D eigenvalue weighted by Gasteiger charge is -2.33. The zero-order valence-corrected chi connectivity index (χ0v) is 8.81. The van der Waals surface area contributed by atoms with Gasteiger partial charge in [-0.25, -0.2) is 4.79 Å². The molecule has 1 fully saturated rings. The number of fused-ring (bicyclic) bond motifs is 1. The van der Waals surface area contributed by atoms with E-state index in [1.165, 1.54) is 0 Å². The Balaban J connectivity index is 1.79. The van der Waals surface area contributed by atoms with Crippen LogP contribution in [0.15, 0.2) is 18.2 Å². The summed E-state index contributed by atoms with van der Waals surface area (Å²) < 4.78 is 10.7. The summed E-state index contributed by atoms with van der Waals surface area (Å²) in [4.78, 5) is 11.2. The lowest BCUT2D eigenvalue weighted by atomic mass is 9.90. The predicted molar refractivity (Wildman–Crippen MR) is 57.2 cm³/mol. The zero-order valence-electron chi connectivity index (χ0n) is 8.81. The first kappa shape index (κ1) is 9.66. The van der Waals surface area contributed by atoms with Crippen LogP contribution in [0.1, 0.15) is 28.8 Å². The van der Waals surface area contributed by atoms with E-state index in [0.717, 1.165) is 24.2 Å². The van der Waals surface area contributed by atoms with Gasteiger partial charge in [-0.1, -0.05) is 0 Å². The number of ether oxygens (including phenoxy) is 2. The first-order valence-electron chi connectivity index (χ1n) is 5.46. The van der Waals surface area contributed by atoms with Crippen LogP contribution in [0.3, 0.4) is 0 Å². The summed E-state index contributed by atoms with van der Waals surface area (Å²) in [6, 6.07) is 5.57. The van der Waals surface area contributed by atoms with Crippen LogP contribution in [0, 0.1) is 0 Å². The summed E-state index contributed by atoms with van der Waals surface area (Å²) in [6.07, 6.45) is 2.15. The molecule has 3 rings (SSSR count). The molecule has 0 spiro atoms. The summed E-state index contributed by atoms with van der Waals surface area (Å²) in [5, 5.41) is 0. The van der Waals surface area contributed by atoms with Gasteiger partial charge in [0.15, 0.2) is 0 Å². The number of benzene rings is 1. The standard InChI is InChI=1S/C12H13NO3/c13-10-3-4-11(10)16-8-1-2-9-7(5-8)6-15-12(9)14/h1-2,5,10-11H,3-4,6,13H2/t10-,11?/m0/s1. The molecule has 2 atom stereocenters. The molecule has 1 saturated carbocycles. The SMILES string of the molecule is N[C@H]1CCC1Oc1ccc2c(c1)COC2=O. The maximum atomic E-state index is 11.2. The second-order valence-corrected chi connectivity index (χ2v) is 4.29. The minimum Gasteiger partial charge on any atom is -0.489 e. The molecule has 1 aromatic carbocycles. The van der Waals surface area contributed by atoms with Crippen molar-refractivity contribution in [1.29, 1.82) is 0 Å². The summed E-state index contributed by atoms with van der Waals surface area (Å²) in [5.41, 5.74) is 7.34. The van der Waals surface area contributed by atoms with E-state index >= 15 is 0 Å². The number of cyclic esters (lactones) is 1. The molecular formula is C12H13NO3. The fourth-order valence-corrected chi connectivity index (χ4v) is 2.00. The van der Waals surface area contributed by atoms with E-state index in [0.29, 0.717) is 12.2 Å². The van der Waals surface area contributed by atoms with Gasteiger partial charge in [0.05, 0.1) is 5.56 Å². The largest absolute Gasteiger partial charge is 0.489 e. The molecule has 16 heavy (non-hydrogen) atoms. The van der Waals surface area contributed by atoms with Crippen molar-refractivity contribution in [2.45, 2.75) is 31.6 Å². The molecule has 1 heterocycles. The van der Waals surface area contributed by atoms with Crippen LogP contribution in [-0.4, -0.2) is 18.1 Å². The molecule has 0 radical (unpaired) electrons. The van der Waals surface area contributed by atoms with Gasteiger partial charge in [-0.2, -0.15) is 0 Å². The highest BCUT2D eigenvalue weighted by Gasteiger charge is 2.30. The van der Waals surface area contributed by atoms with E-state index in [1.807, 2.05) is 6.07 Å². The van der Waals surface area contributed by atoms with E-state index in [4.69, 9.17) is 15.2 Å². The smallest absolute Gasteiger partial charge is 0.338 e. The van der Waals surface area contributed by atoms with Crippen molar-refractivity contribution in [1.82, 2.24) is 0 Å². The Bertz CT molecular complexity index is 444. The Morgan fingerprint density at radius 1 is 1.38 bits per heavy atom. The molecule has 4 nitrogen and oxygen atoms in total. The van der Waals surface area contributed by atoms with Crippen LogP contribution in [-0.2, 0) is 11.3 Å². The van der Waals surface area contributed by atoms with Crippen LogP contribution in [0.2, 0.25) is 0 Å². The molecule has 1 unspecified atom stereocenters. The molecule has 1 aromatic rings. The highest BCUT2D eigenvalue weighted by molar-refractivity contribution is 5.93. The van der Waals surface area contributed by atoms with Crippen LogP contribution >= 0.6 is 0 Å². The van der Waals surface area contributed by atoms with Gasteiger partial charge < -0.3 is 15.2 Å². The van der Waals surface area contributed by atoms with Crippen molar-refractivity contribution in [3.05, 3.63) is 29.3 Å². The Hall–Kier alpha value is -1.55. The number of carbonyl (C=O) groups excluding carboxylic acids is 1. The van der Waals surface area contributed by atoms with Crippen LogP contribution in [0.25, 0.3) is 0 Å². The van der Waals surface area contributed by atoms with Gasteiger partial charge in [-0.05, 0) is 31.0 Å². The first-order valence-corrected chi connectivity index (χ1v) is 5.46. The number of esters is 1. The minimum atomic E-state index is -0.248. The number of nitrogens with two attached hydrogens (primary N) is 1. The molecule has 2 N–H and O–H groups in total. The average molecular weight is 219 g/mol. The highest BCUT2D eigenvalue weighted by atomic mass is 16.5. The topological polar surface area (TPSA) is 61.6 Å². The molecule has 84 valence electrons. The second-order valence-electron chi connectivity index (χ2n) is 4.29. The summed E-state index contributed by atoms with van der Waals surface area (Å²) in [7, 11) is 0. The average Bonchev–Trinajstić information content (AvgIpc) is 2.66. The van der Waals surface area contributed by atoms with E-state index in [2.05, 4.69) is 0 Å². The van der Waals surface area contributed by atoms with Crippen molar-refractivity contribution in [3.63, 3.8) is 0 Å². The van der Waals surface area contributed by atoms with Gasteiger partial charge in [0.25, 0.3) is 0 Å². The number of hydrogen-bond donors (Lipinski definition) is 1. The van der Waals surface area contributed by atoms with Gasteiger partial charge >= 0.3 is 5.97 Å². The van der Waals surface area contributed by atoms with E-state index in [-0.39, 0.29) is 18.1 Å². The van der Waals surface area contributed by atoms with Gasteiger partial charge in [0.1, 0.15) is 18.5 Å². The maximum absolute atomic E-state index is 11.2. The van der Waals surface area contributed by atoms with Crippen LogP contribution < -0.4 is 10.5 Å². The Morgan fingerprint density at radius 2 is 2.25 bits per heavy atom. The van der Waals surface area contributed by atoms with Crippen molar-refractivity contribution < 1.29 is 14.3 Å². The molecule has 0 saturated heterocycles. The van der Waals surface area contributed by atoms with E-state index < -0.39 is 0 Å². The fraction of sp³-hybridized carbons (Fsp3) is 0.417. The summed E-state index contributed by atoms with van der Waals surface area (Å²) >= 11 is 0. The van der Waals surface area contributed by atoms with Gasteiger partial charge in [0, 0.05) is 11.6 Å². The number of rotatable bonds is 2. The van der Waals surface area contributed by atoms with E-state index in [1.54, 1.807) is 12.1 Å². The fourth-order valence-electron chi connectivity index (χ4n) is 2.00. The van der Waals surface area contributed by atoms with Crippen LogP contribution in [0.5, 0.6) is 5.75 Å². The third-order valence-corrected chi connectivity index (χ3v) is 3.20. The predicted octanol–water partition coefficient (Wildman–Crippen LogP) is 1.23. The summed E-state index contributed by atoms with van der Waals surface area (Å²) in [5.74, 6) is 0.527. The second kappa shape index (κ2) is 3.49. The van der Waals surface area contributed by atoms with Crippen molar-refractivity contribution >= 4 is 5.97 Å². The molecule has 4 heteroatoms. The first-order chi connectivity index (χ1) is 7.74. The molecule has 0 aromatic heterocycles. The molecule has 1 aliphatic carbocycles. The molecule has 1 aliphatic heterocycles. The zero-order chi connectivity index (χ0) is 11.1. The molecule has 0 amide bonds. The normalized spacial score (nSPS) is 26.9. The number of carbonyl (C=O) groups is 1. The third kappa shape index (κ3) is 1.46. The van der Waals surface area contributed by atoms with Gasteiger partial charge in [-0.3, -0.25) is 0 Å².